The van der Waals surface area contributed by atoms with Crippen molar-refractivity contribution in [2.24, 2.45) is 11.1 Å². The lowest BCUT2D eigenvalue weighted by Crippen LogP contribution is -2.27. The molecule has 8 heteroatoms. The quantitative estimate of drug-likeness (QED) is 0.813. The summed E-state index contributed by atoms with van der Waals surface area (Å²) in [6, 6.07) is 11.2. The van der Waals surface area contributed by atoms with Crippen molar-refractivity contribution >= 4 is 27.5 Å². The summed E-state index contributed by atoms with van der Waals surface area (Å²) < 4.78 is 27.9. The van der Waals surface area contributed by atoms with E-state index in [4.69, 9.17) is 21.5 Å². The Morgan fingerprint density at radius 2 is 1.85 bits per heavy atom. The van der Waals surface area contributed by atoms with Crippen molar-refractivity contribution in [3.05, 3.63) is 58.6 Å². The zero-order valence-corrected chi connectivity index (χ0v) is 15.8. The van der Waals surface area contributed by atoms with Gasteiger partial charge in [0.25, 0.3) is 5.91 Å². The van der Waals surface area contributed by atoms with E-state index in [1.165, 1.54) is 19.2 Å². The lowest BCUT2D eigenvalue weighted by molar-refractivity contribution is 0.0945. The van der Waals surface area contributed by atoms with Gasteiger partial charge in [-0.15, -0.1) is 0 Å². The molecular formula is C18H19ClN2O4S. The molecular weight excluding hydrogens is 376 g/mol. The number of carbonyl (C=O) groups excluding carboxylic acids is 1. The fourth-order valence-electron chi connectivity index (χ4n) is 3.16. The summed E-state index contributed by atoms with van der Waals surface area (Å²) in [5.41, 5.74) is 1.33. The van der Waals surface area contributed by atoms with Gasteiger partial charge < -0.3 is 10.1 Å². The van der Waals surface area contributed by atoms with Crippen molar-refractivity contribution in [2.45, 2.75) is 23.8 Å². The molecule has 1 fully saturated rings. The van der Waals surface area contributed by atoms with Gasteiger partial charge >= 0.3 is 0 Å². The van der Waals surface area contributed by atoms with Crippen LogP contribution in [0.4, 0.5) is 0 Å². The van der Waals surface area contributed by atoms with Crippen molar-refractivity contribution in [3.8, 4) is 5.75 Å². The number of halogens is 1. The maximum atomic E-state index is 12.6. The lowest BCUT2D eigenvalue weighted by atomic mass is 10.1. The maximum Gasteiger partial charge on any atom is 0.255 e. The second-order valence-electron chi connectivity index (χ2n) is 6.34. The molecule has 0 aromatic heterocycles. The Balaban J connectivity index is 1.74. The van der Waals surface area contributed by atoms with Crippen LogP contribution in [0.1, 0.15) is 28.8 Å². The van der Waals surface area contributed by atoms with E-state index in [9.17, 15) is 13.2 Å². The van der Waals surface area contributed by atoms with E-state index in [0.29, 0.717) is 16.3 Å². The minimum atomic E-state index is -3.71. The number of hydrogen-bond donors (Lipinski definition) is 2. The fourth-order valence-corrected chi connectivity index (χ4v) is 3.85. The van der Waals surface area contributed by atoms with Crippen molar-refractivity contribution in [1.29, 1.82) is 0 Å². The first-order valence-corrected chi connectivity index (χ1v) is 9.92. The highest BCUT2D eigenvalue weighted by Crippen LogP contribution is 2.47. The summed E-state index contributed by atoms with van der Waals surface area (Å²) in [5.74, 6) is 0.530. The Kier molecular flexibility index (Phi) is 4.96. The van der Waals surface area contributed by atoms with Crippen LogP contribution in [0.3, 0.4) is 0 Å². The van der Waals surface area contributed by atoms with Gasteiger partial charge in [-0.25, -0.2) is 13.6 Å². The molecule has 3 atom stereocenters. The number of ether oxygens (including phenoxy) is 1. The predicted octanol–water partition coefficient (Wildman–Crippen LogP) is 2.53. The van der Waals surface area contributed by atoms with Gasteiger partial charge in [0.2, 0.25) is 10.0 Å². The van der Waals surface area contributed by atoms with Gasteiger partial charge in [-0.05, 0) is 41.8 Å². The molecule has 0 bridgehead atoms. The summed E-state index contributed by atoms with van der Waals surface area (Å²) >= 11 is 5.98. The summed E-state index contributed by atoms with van der Waals surface area (Å²) in [4.78, 5) is 12.7. The van der Waals surface area contributed by atoms with E-state index in [1.54, 1.807) is 30.3 Å². The number of nitrogens with one attached hydrogen (secondary N) is 1. The van der Waals surface area contributed by atoms with Crippen molar-refractivity contribution in [3.63, 3.8) is 0 Å². The lowest BCUT2D eigenvalue weighted by Gasteiger charge is -2.10. The molecule has 1 aliphatic carbocycles. The largest absolute Gasteiger partial charge is 0.496 e. The van der Waals surface area contributed by atoms with Gasteiger partial charge in [0.15, 0.2) is 0 Å². The number of sulfonamides is 1. The van der Waals surface area contributed by atoms with Crippen LogP contribution in [0.25, 0.3) is 0 Å². The zero-order chi connectivity index (χ0) is 19.1. The zero-order valence-electron chi connectivity index (χ0n) is 14.3. The minimum absolute atomic E-state index is 0.0495. The molecule has 6 nitrogen and oxygen atoms in total. The number of nitrogens with two attached hydrogens (primary N) is 1. The summed E-state index contributed by atoms with van der Waals surface area (Å²) in [6.45, 7) is 2.03. The van der Waals surface area contributed by atoms with Crippen LogP contribution in [0, 0.1) is 5.92 Å². The second-order valence-corrected chi connectivity index (χ2v) is 8.34. The third kappa shape index (κ3) is 3.70. The third-order valence-corrected chi connectivity index (χ3v) is 5.84. The van der Waals surface area contributed by atoms with Gasteiger partial charge in [-0.1, -0.05) is 30.7 Å². The van der Waals surface area contributed by atoms with E-state index in [-0.39, 0.29) is 28.7 Å². The smallest absolute Gasteiger partial charge is 0.255 e. The van der Waals surface area contributed by atoms with E-state index in [1.807, 2.05) is 6.92 Å². The van der Waals surface area contributed by atoms with Gasteiger partial charge in [-0.2, -0.15) is 0 Å². The highest BCUT2D eigenvalue weighted by atomic mass is 35.5. The minimum Gasteiger partial charge on any atom is -0.496 e. The van der Waals surface area contributed by atoms with Crippen molar-refractivity contribution < 1.29 is 17.9 Å². The number of rotatable bonds is 5. The Labute approximate surface area is 157 Å². The summed E-state index contributed by atoms with van der Waals surface area (Å²) in [6.07, 6.45) is 0. The van der Waals surface area contributed by atoms with Gasteiger partial charge in [0.1, 0.15) is 5.75 Å². The van der Waals surface area contributed by atoms with Crippen LogP contribution >= 0.6 is 11.6 Å². The number of benzene rings is 2. The average Bonchev–Trinajstić information content (AvgIpc) is 3.23. The summed E-state index contributed by atoms with van der Waals surface area (Å²) in [7, 11) is -2.22. The molecule has 3 N–H and O–H groups in total. The van der Waals surface area contributed by atoms with Gasteiger partial charge in [0, 0.05) is 17.0 Å². The molecule has 0 saturated heterocycles. The standard InChI is InChI=1S/C18H19ClN2O4S/c1-10-16(11-3-6-13(7-4-11)26(20,23)24)17(10)21-18(22)14-9-12(19)5-8-15(14)25-2/h3-10,16-17H,1-2H3,(H,21,22)(H2,20,23,24). The van der Waals surface area contributed by atoms with Crippen LogP contribution < -0.4 is 15.2 Å². The Bertz CT molecular complexity index is 944. The predicted molar refractivity (Wildman–Crippen MR) is 99.0 cm³/mol. The Hall–Kier alpha value is -2.09. The molecule has 1 amide bonds. The molecule has 26 heavy (non-hydrogen) atoms. The monoisotopic (exact) mass is 394 g/mol. The molecule has 138 valence electrons. The van der Waals surface area contributed by atoms with Crippen LogP contribution in [0.5, 0.6) is 5.75 Å². The van der Waals surface area contributed by atoms with Crippen LogP contribution in [-0.2, 0) is 10.0 Å². The van der Waals surface area contributed by atoms with Crippen LogP contribution in [-0.4, -0.2) is 27.5 Å². The number of methoxy groups -OCH3 is 1. The van der Waals surface area contributed by atoms with Gasteiger partial charge in [0.05, 0.1) is 17.6 Å². The van der Waals surface area contributed by atoms with Crippen LogP contribution in [0.15, 0.2) is 47.4 Å². The topological polar surface area (TPSA) is 98.5 Å². The van der Waals surface area contributed by atoms with Gasteiger partial charge in [-0.3, -0.25) is 4.79 Å². The first kappa shape index (κ1) is 18.7. The van der Waals surface area contributed by atoms with E-state index < -0.39 is 10.0 Å². The third-order valence-electron chi connectivity index (χ3n) is 4.68. The molecule has 0 spiro atoms. The SMILES string of the molecule is COc1ccc(Cl)cc1C(=O)NC1C(C)C1c1ccc(S(N)(=O)=O)cc1. The molecule has 2 aromatic carbocycles. The fraction of sp³-hybridized carbons (Fsp3) is 0.278. The molecule has 0 aliphatic heterocycles. The first-order chi connectivity index (χ1) is 12.2. The number of hydrogen-bond acceptors (Lipinski definition) is 4. The van der Waals surface area contributed by atoms with E-state index in [0.717, 1.165) is 5.56 Å². The van der Waals surface area contributed by atoms with Crippen LogP contribution in [0.2, 0.25) is 5.02 Å². The molecule has 1 saturated carbocycles. The maximum absolute atomic E-state index is 12.6. The Morgan fingerprint density at radius 3 is 2.42 bits per heavy atom. The van der Waals surface area contributed by atoms with Crippen molar-refractivity contribution in [1.82, 2.24) is 5.32 Å². The molecule has 3 rings (SSSR count). The molecule has 3 unspecified atom stereocenters. The number of carbonyl (C=O) groups is 1. The second kappa shape index (κ2) is 6.90. The highest BCUT2D eigenvalue weighted by Gasteiger charge is 2.48. The Morgan fingerprint density at radius 1 is 1.19 bits per heavy atom. The van der Waals surface area contributed by atoms with E-state index in [2.05, 4.69) is 5.32 Å². The average molecular weight is 395 g/mol. The number of primary sulfonamides is 1. The molecule has 0 radical (unpaired) electrons. The first-order valence-electron chi connectivity index (χ1n) is 7.99. The molecule has 0 heterocycles. The summed E-state index contributed by atoms with van der Waals surface area (Å²) in [5, 5.41) is 8.56. The van der Waals surface area contributed by atoms with E-state index >= 15 is 0 Å². The number of amides is 1. The highest BCUT2D eigenvalue weighted by molar-refractivity contribution is 7.89. The molecule has 1 aliphatic rings. The molecule has 2 aromatic rings. The van der Waals surface area contributed by atoms with Crippen molar-refractivity contribution in [2.75, 3.05) is 7.11 Å². The normalized spacial score (nSPS) is 21.9.